The topological polar surface area (TPSA) is 83.8 Å². The van der Waals surface area contributed by atoms with Crippen LogP contribution in [0.3, 0.4) is 0 Å². The minimum Gasteiger partial charge on any atom is -0.459 e. The van der Waals surface area contributed by atoms with Crippen LogP contribution < -0.4 is 10.6 Å². The van der Waals surface area contributed by atoms with Crippen LogP contribution >= 0.6 is 0 Å². The number of furan rings is 1. The number of amides is 3. The third-order valence-electron chi connectivity index (χ3n) is 4.24. The Morgan fingerprint density at radius 1 is 1.39 bits per heavy atom. The van der Waals surface area contributed by atoms with Crippen molar-refractivity contribution in [1.29, 1.82) is 0 Å². The summed E-state index contributed by atoms with van der Waals surface area (Å²) in [5.74, 6) is 0.249. The lowest BCUT2D eigenvalue weighted by molar-refractivity contribution is 0.0574. The van der Waals surface area contributed by atoms with Crippen LogP contribution in [0.2, 0.25) is 0 Å². The number of rotatable bonds is 6. The van der Waals surface area contributed by atoms with Gasteiger partial charge in [0.05, 0.1) is 6.26 Å². The van der Waals surface area contributed by atoms with Gasteiger partial charge in [-0.25, -0.2) is 4.79 Å². The normalized spacial score (nSPS) is 16.9. The summed E-state index contributed by atoms with van der Waals surface area (Å²) in [4.78, 5) is 26.0. The summed E-state index contributed by atoms with van der Waals surface area (Å²) in [6.07, 6.45) is 3.61. The highest BCUT2D eigenvalue weighted by Gasteiger charge is 2.37. The Morgan fingerprint density at radius 3 is 2.70 bits per heavy atom. The van der Waals surface area contributed by atoms with Crippen molar-refractivity contribution < 1.29 is 18.7 Å². The monoisotopic (exact) mass is 323 g/mol. The molecule has 0 aromatic carbocycles. The zero-order chi connectivity index (χ0) is 16.7. The zero-order valence-electron chi connectivity index (χ0n) is 13.8. The molecule has 1 saturated heterocycles. The molecule has 7 heteroatoms. The van der Waals surface area contributed by atoms with E-state index in [2.05, 4.69) is 10.6 Å². The van der Waals surface area contributed by atoms with Crippen LogP contribution in [0, 0.1) is 0 Å². The summed E-state index contributed by atoms with van der Waals surface area (Å²) in [5.41, 5.74) is -0.338. The Kier molecular flexibility index (Phi) is 6.04. The SMILES string of the molecule is CCNC(=O)NC1(CCOC)CCN(C(=O)c2ccco2)CC1. The summed E-state index contributed by atoms with van der Waals surface area (Å²) in [6.45, 7) is 4.19. The third kappa shape index (κ3) is 4.48. The Morgan fingerprint density at radius 2 is 2.13 bits per heavy atom. The minimum absolute atomic E-state index is 0.103. The van der Waals surface area contributed by atoms with Gasteiger partial charge < -0.3 is 24.7 Å². The molecular formula is C16H25N3O4. The molecule has 0 atom stereocenters. The van der Waals surface area contributed by atoms with E-state index < -0.39 is 0 Å². The van der Waals surface area contributed by atoms with Gasteiger partial charge >= 0.3 is 6.03 Å². The van der Waals surface area contributed by atoms with Crippen molar-refractivity contribution in [2.45, 2.75) is 31.7 Å². The maximum Gasteiger partial charge on any atom is 0.315 e. The molecule has 2 rings (SSSR count). The smallest absolute Gasteiger partial charge is 0.315 e. The molecule has 1 aromatic heterocycles. The highest BCUT2D eigenvalue weighted by molar-refractivity contribution is 5.91. The molecule has 3 amide bonds. The number of hydrogen-bond acceptors (Lipinski definition) is 4. The number of urea groups is 1. The van der Waals surface area contributed by atoms with Gasteiger partial charge in [-0.05, 0) is 38.3 Å². The van der Waals surface area contributed by atoms with Crippen molar-refractivity contribution in [1.82, 2.24) is 15.5 Å². The summed E-state index contributed by atoms with van der Waals surface area (Å²) in [7, 11) is 1.65. The van der Waals surface area contributed by atoms with Crippen molar-refractivity contribution in [2.75, 3.05) is 33.4 Å². The van der Waals surface area contributed by atoms with E-state index in [-0.39, 0.29) is 17.5 Å². The number of carbonyl (C=O) groups excluding carboxylic acids is 2. The van der Waals surface area contributed by atoms with Gasteiger partial charge in [-0.15, -0.1) is 0 Å². The molecule has 0 bridgehead atoms. The first-order valence-electron chi connectivity index (χ1n) is 7.98. The fourth-order valence-electron chi connectivity index (χ4n) is 2.87. The van der Waals surface area contributed by atoms with Crippen LogP contribution in [0.25, 0.3) is 0 Å². The van der Waals surface area contributed by atoms with Crippen molar-refractivity contribution in [3.63, 3.8) is 0 Å². The Hall–Kier alpha value is -2.02. The van der Waals surface area contributed by atoms with Crippen molar-refractivity contribution in [3.8, 4) is 0 Å². The van der Waals surface area contributed by atoms with Gasteiger partial charge in [0.1, 0.15) is 0 Å². The second kappa shape index (κ2) is 8.01. The number of carbonyl (C=O) groups is 2. The Bertz CT molecular complexity index is 507. The maximum atomic E-state index is 12.3. The highest BCUT2D eigenvalue weighted by atomic mass is 16.5. The van der Waals surface area contributed by atoms with Crippen molar-refractivity contribution in [3.05, 3.63) is 24.2 Å². The summed E-state index contributed by atoms with van der Waals surface area (Å²) in [6, 6.07) is 3.20. The molecule has 23 heavy (non-hydrogen) atoms. The summed E-state index contributed by atoms with van der Waals surface area (Å²) < 4.78 is 10.3. The molecule has 0 unspecified atom stereocenters. The number of methoxy groups -OCH3 is 1. The largest absolute Gasteiger partial charge is 0.459 e. The van der Waals surface area contributed by atoms with Gasteiger partial charge in [0.25, 0.3) is 5.91 Å². The first-order chi connectivity index (χ1) is 11.1. The number of nitrogens with zero attached hydrogens (tertiary/aromatic N) is 1. The lowest BCUT2D eigenvalue weighted by Gasteiger charge is -2.42. The molecule has 2 N–H and O–H groups in total. The number of nitrogens with one attached hydrogen (secondary N) is 2. The molecule has 0 radical (unpaired) electrons. The van der Waals surface area contributed by atoms with E-state index in [0.717, 1.165) is 6.42 Å². The van der Waals surface area contributed by atoms with E-state index in [4.69, 9.17) is 9.15 Å². The van der Waals surface area contributed by atoms with Crippen molar-refractivity contribution in [2.24, 2.45) is 0 Å². The second-order valence-corrected chi connectivity index (χ2v) is 5.78. The Balaban J connectivity index is 1.98. The van der Waals surface area contributed by atoms with Gasteiger partial charge in [-0.2, -0.15) is 0 Å². The first kappa shape index (κ1) is 17.3. The highest BCUT2D eigenvalue weighted by Crippen LogP contribution is 2.27. The quantitative estimate of drug-likeness (QED) is 0.833. The van der Waals surface area contributed by atoms with E-state index in [1.54, 1.807) is 24.1 Å². The van der Waals surface area contributed by atoms with Gasteiger partial charge in [-0.3, -0.25) is 4.79 Å². The molecule has 0 saturated carbocycles. The number of ether oxygens (including phenoxy) is 1. The molecule has 1 aromatic rings. The number of piperidine rings is 1. The molecule has 1 fully saturated rings. The van der Waals surface area contributed by atoms with Crippen LogP contribution in [0.5, 0.6) is 0 Å². The van der Waals surface area contributed by atoms with E-state index >= 15 is 0 Å². The van der Waals surface area contributed by atoms with Gasteiger partial charge in [0.15, 0.2) is 5.76 Å². The minimum atomic E-state index is -0.338. The maximum absolute atomic E-state index is 12.3. The van der Waals surface area contributed by atoms with E-state index in [1.165, 1.54) is 6.26 Å². The van der Waals surface area contributed by atoms with E-state index in [1.807, 2.05) is 6.92 Å². The molecule has 7 nitrogen and oxygen atoms in total. The summed E-state index contributed by atoms with van der Waals surface area (Å²) in [5, 5.41) is 5.83. The first-order valence-corrected chi connectivity index (χ1v) is 7.98. The summed E-state index contributed by atoms with van der Waals surface area (Å²) >= 11 is 0. The zero-order valence-corrected chi connectivity index (χ0v) is 13.8. The standard InChI is InChI=1S/C16H25N3O4/c1-3-17-15(21)18-16(8-12-22-2)6-9-19(10-7-16)14(20)13-5-4-11-23-13/h4-5,11H,3,6-10,12H2,1-2H3,(H2,17,18,21). The van der Waals surface area contributed by atoms with Crippen LogP contribution in [-0.4, -0.2) is 55.7 Å². The fourth-order valence-corrected chi connectivity index (χ4v) is 2.87. The molecule has 1 aliphatic rings. The molecular weight excluding hydrogens is 298 g/mol. The van der Waals surface area contributed by atoms with Crippen molar-refractivity contribution >= 4 is 11.9 Å². The average molecular weight is 323 g/mol. The predicted molar refractivity (Wildman–Crippen MR) is 85.3 cm³/mol. The number of hydrogen-bond donors (Lipinski definition) is 2. The van der Waals surface area contributed by atoms with Gasteiger partial charge in [-0.1, -0.05) is 0 Å². The van der Waals surface area contributed by atoms with E-state index in [0.29, 0.717) is 44.8 Å². The van der Waals surface area contributed by atoms with Crippen LogP contribution in [0.4, 0.5) is 4.79 Å². The lowest BCUT2D eigenvalue weighted by Crippen LogP contribution is -2.58. The number of likely N-dealkylation sites (tertiary alicyclic amines) is 1. The molecule has 1 aliphatic heterocycles. The third-order valence-corrected chi connectivity index (χ3v) is 4.24. The van der Waals surface area contributed by atoms with Gasteiger partial charge in [0, 0.05) is 38.9 Å². The molecule has 0 spiro atoms. The van der Waals surface area contributed by atoms with E-state index in [9.17, 15) is 9.59 Å². The molecule has 0 aliphatic carbocycles. The lowest BCUT2D eigenvalue weighted by atomic mass is 9.84. The molecule has 128 valence electrons. The van der Waals surface area contributed by atoms with Crippen LogP contribution in [0.1, 0.15) is 36.7 Å². The fraction of sp³-hybridized carbons (Fsp3) is 0.625. The Labute approximate surface area is 136 Å². The van der Waals surface area contributed by atoms with Crippen LogP contribution in [-0.2, 0) is 4.74 Å². The second-order valence-electron chi connectivity index (χ2n) is 5.78. The molecule has 2 heterocycles. The predicted octanol–water partition coefficient (Wildman–Crippen LogP) is 1.61. The average Bonchev–Trinajstić information content (AvgIpc) is 3.08. The van der Waals surface area contributed by atoms with Gasteiger partial charge in [0.2, 0.25) is 0 Å². The van der Waals surface area contributed by atoms with Crippen LogP contribution in [0.15, 0.2) is 22.8 Å².